The Morgan fingerprint density at radius 2 is 2.00 bits per heavy atom. The number of likely N-dealkylation sites (tertiary alicyclic amines) is 1. The van der Waals surface area contributed by atoms with Gasteiger partial charge in [0.1, 0.15) is 0 Å². The molecule has 0 bridgehead atoms. The van der Waals surface area contributed by atoms with Crippen molar-refractivity contribution in [3.8, 4) is 0 Å². The van der Waals surface area contributed by atoms with Crippen LogP contribution in [0.3, 0.4) is 0 Å². The highest BCUT2D eigenvalue weighted by Crippen LogP contribution is 2.25. The number of nitrogens with zero attached hydrogens (tertiary/aromatic N) is 1. The van der Waals surface area contributed by atoms with E-state index >= 15 is 0 Å². The Balaban J connectivity index is 2.01. The summed E-state index contributed by atoms with van der Waals surface area (Å²) in [5, 5.41) is 3.53. The number of hydrogen-bond donors (Lipinski definition) is 1. The first-order chi connectivity index (χ1) is 9.52. The second-order valence-electron chi connectivity index (χ2n) is 5.77. The Bertz CT molecular complexity index is 450. The molecule has 1 aromatic carbocycles. The molecule has 1 heterocycles. The van der Waals surface area contributed by atoms with E-state index in [-0.39, 0.29) is 0 Å². The zero-order valence-corrected chi connectivity index (χ0v) is 12.5. The van der Waals surface area contributed by atoms with E-state index in [4.69, 9.17) is 0 Å². The van der Waals surface area contributed by atoms with Crippen LogP contribution in [0.5, 0.6) is 0 Å². The van der Waals surface area contributed by atoms with Crippen molar-refractivity contribution >= 4 is 0 Å². The van der Waals surface area contributed by atoms with E-state index in [9.17, 15) is 8.78 Å². The predicted octanol–water partition coefficient (Wildman–Crippen LogP) is 3.17. The lowest BCUT2D eigenvalue weighted by atomic mass is 9.86. The zero-order chi connectivity index (χ0) is 14.7. The van der Waals surface area contributed by atoms with Crippen LogP contribution in [0.15, 0.2) is 18.2 Å². The number of nitrogens with one attached hydrogen (secondary N) is 1. The summed E-state index contributed by atoms with van der Waals surface area (Å²) in [7, 11) is 0. The van der Waals surface area contributed by atoms with Crippen LogP contribution in [0, 0.1) is 17.6 Å². The molecular formula is C16H24F2N2. The molecule has 1 saturated heterocycles. The highest BCUT2D eigenvalue weighted by Gasteiger charge is 2.31. The van der Waals surface area contributed by atoms with Crippen LogP contribution >= 0.6 is 0 Å². The molecule has 0 amide bonds. The molecule has 4 heteroatoms. The van der Waals surface area contributed by atoms with Gasteiger partial charge in [-0.2, -0.15) is 0 Å². The zero-order valence-electron chi connectivity index (χ0n) is 12.5. The van der Waals surface area contributed by atoms with Crippen LogP contribution in [-0.4, -0.2) is 30.1 Å². The third-order valence-corrected chi connectivity index (χ3v) is 4.53. The minimum atomic E-state index is -0.777. The molecule has 1 N–H and O–H groups in total. The summed E-state index contributed by atoms with van der Waals surface area (Å²) in [6.45, 7) is 9.27. The van der Waals surface area contributed by atoms with Gasteiger partial charge in [-0.15, -0.1) is 0 Å². The van der Waals surface area contributed by atoms with Crippen molar-refractivity contribution in [2.24, 2.45) is 5.92 Å². The third-order valence-electron chi connectivity index (χ3n) is 4.53. The highest BCUT2D eigenvalue weighted by atomic mass is 19.2. The Labute approximate surface area is 120 Å². The quantitative estimate of drug-likeness (QED) is 0.912. The van der Waals surface area contributed by atoms with Gasteiger partial charge in [0.2, 0.25) is 0 Å². The van der Waals surface area contributed by atoms with Gasteiger partial charge in [0.15, 0.2) is 11.6 Å². The van der Waals surface area contributed by atoms with Crippen molar-refractivity contribution in [1.29, 1.82) is 0 Å². The van der Waals surface area contributed by atoms with Gasteiger partial charge in [-0.25, -0.2) is 8.78 Å². The van der Waals surface area contributed by atoms with Crippen molar-refractivity contribution in [3.63, 3.8) is 0 Å². The van der Waals surface area contributed by atoms with Crippen molar-refractivity contribution in [3.05, 3.63) is 35.4 Å². The van der Waals surface area contributed by atoms with E-state index in [2.05, 4.69) is 31.0 Å². The summed E-state index contributed by atoms with van der Waals surface area (Å²) in [5.41, 5.74) is 0.838. The summed E-state index contributed by atoms with van der Waals surface area (Å²) in [6, 6.07) is 5.18. The topological polar surface area (TPSA) is 15.3 Å². The van der Waals surface area contributed by atoms with E-state index in [1.807, 2.05) is 0 Å². The van der Waals surface area contributed by atoms with Crippen LogP contribution < -0.4 is 5.32 Å². The van der Waals surface area contributed by atoms with E-state index < -0.39 is 11.6 Å². The van der Waals surface area contributed by atoms with E-state index in [1.54, 1.807) is 6.07 Å². The van der Waals surface area contributed by atoms with Gasteiger partial charge < -0.3 is 5.32 Å². The average Bonchev–Trinajstić information content (AvgIpc) is 2.42. The second-order valence-corrected chi connectivity index (χ2v) is 5.77. The van der Waals surface area contributed by atoms with Gasteiger partial charge >= 0.3 is 0 Å². The molecule has 3 unspecified atom stereocenters. The smallest absolute Gasteiger partial charge is 0.159 e. The molecule has 0 radical (unpaired) electrons. The first-order valence-corrected chi connectivity index (χ1v) is 7.44. The molecule has 3 atom stereocenters. The summed E-state index contributed by atoms with van der Waals surface area (Å²) < 4.78 is 26.2. The normalized spacial score (nSPS) is 27.8. The molecule has 1 aliphatic rings. The van der Waals surface area contributed by atoms with Crippen molar-refractivity contribution in [2.75, 3.05) is 13.1 Å². The largest absolute Gasteiger partial charge is 0.314 e. The fourth-order valence-electron chi connectivity index (χ4n) is 3.09. The molecule has 2 nitrogen and oxygen atoms in total. The molecule has 1 aliphatic heterocycles. The van der Waals surface area contributed by atoms with Gasteiger partial charge in [-0.1, -0.05) is 19.9 Å². The third kappa shape index (κ3) is 3.36. The number of hydrogen-bond acceptors (Lipinski definition) is 2. The van der Waals surface area contributed by atoms with Gasteiger partial charge in [-0.05, 0) is 43.5 Å². The average molecular weight is 282 g/mol. The van der Waals surface area contributed by atoms with E-state index in [0.29, 0.717) is 24.5 Å². The lowest BCUT2D eigenvalue weighted by Crippen LogP contribution is -2.52. The monoisotopic (exact) mass is 282 g/mol. The van der Waals surface area contributed by atoms with Crippen LogP contribution in [0.2, 0.25) is 0 Å². The number of halogens is 2. The Morgan fingerprint density at radius 1 is 1.25 bits per heavy atom. The molecule has 1 aromatic rings. The number of benzene rings is 1. The molecule has 0 aromatic heterocycles. The summed E-state index contributed by atoms with van der Waals surface area (Å²) in [6.07, 6.45) is 1.10. The Morgan fingerprint density at radius 3 is 2.65 bits per heavy atom. The molecule has 0 spiro atoms. The van der Waals surface area contributed by atoms with Crippen LogP contribution in [-0.2, 0) is 6.54 Å². The maximum Gasteiger partial charge on any atom is 0.159 e. The highest BCUT2D eigenvalue weighted by molar-refractivity contribution is 5.18. The van der Waals surface area contributed by atoms with Crippen molar-refractivity contribution in [1.82, 2.24) is 10.2 Å². The first kappa shape index (κ1) is 15.4. The lowest BCUT2D eigenvalue weighted by molar-refractivity contribution is 0.0789. The SMILES string of the molecule is CCNC1CCN(Cc2ccc(F)c(F)c2)C(C)C1C. The van der Waals surface area contributed by atoms with Crippen LogP contribution in [0.25, 0.3) is 0 Å². The number of rotatable bonds is 4. The van der Waals surface area contributed by atoms with Crippen LogP contribution in [0.4, 0.5) is 8.78 Å². The molecular weight excluding hydrogens is 258 g/mol. The minimum Gasteiger partial charge on any atom is -0.314 e. The van der Waals surface area contributed by atoms with Gasteiger partial charge in [0, 0.05) is 25.2 Å². The molecule has 112 valence electrons. The first-order valence-electron chi connectivity index (χ1n) is 7.44. The minimum absolute atomic E-state index is 0.431. The standard InChI is InChI=1S/C16H24F2N2/c1-4-19-16-7-8-20(12(3)11(16)2)10-13-5-6-14(17)15(18)9-13/h5-6,9,11-12,16,19H,4,7-8,10H2,1-3H3. The lowest BCUT2D eigenvalue weighted by Gasteiger charge is -2.43. The van der Waals surface area contributed by atoms with E-state index in [1.165, 1.54) is 12.1 Å². The maximum atomic E-state index is 13.3. The molecule has 20 heavy (non-hydrogen) atoms. The molecule has 1 fully saturated rings. The van der Waals surface area contributed by atoms with Crippen molar-refractivity contribution in [2.45, 2.75) is 45.8 Å². The second kappa shape index (κ2) is 6.64. The Kier molecular flexibility index (Phi) is 5.11. The maximum absolute atomic E-state index is 13.3. The Hall–Kier alpha value is -1.00. The predicted molar refractivity (Wildman–Crippen MR) is 77.5 cm³/mol. The van der Waals surface area contributed by atoms with E-state index in [0.717, 1.165) is 25.1 Å². The van der Waals surface area contributed by atoms with Gasteiger partial charge in [-0.3, -0.25) is 4.90 Å². The van der Waals surface area contributed by atoms with Crippen LogP contribution in [0.1, 0.15) is 32.8 Å². The molecule has 0 saturated carbocycles. The van der Waals surface area contributed by atoms with Gasteiger partial charge in [0.25, 0.3) is 0 Å². The fourth-order valence-corrected chi connectivity index (χ4v) is 3.09. The molecule has 0 aliphatic carbocycles. The summed E-state index contributed by atoms with van der Waals surface area (Å²) in [5.74, 6) is -0.985. The summed E-state index contributed by atoms with van der Waals surface area (Å²) in [4.78, 5) is 2.35. The molecule has 2 rings (SSSR count). The summed E-state index contributed by atoms with van der Waals surface area (Å²) >= 11 is 0. The van der Waals surface area contributed by atoms with Crippen molar-refractivity contribution < 1.29 is 8.78 Å². The fraction of sp³-hybridized carbons (Fsp3) is 0.625. The number of piperidine rings is 1. The van der Waals surface area contributed by atoms with Gasteiger partial charge in [0.05, 0.1) is 0 Å².